The van der Waals surface area contributed by atoms with Gasteiger partial charge >= 0.3 is 0 Å². The van der Waals surface area contributed by atoms with Gasteiger partial charge in [-0.25, -0.2) is 0 Å². The second-order valence-corrected chi connectivity index (χ2v) is 5.73. The van der Waals surface area contributed by atoms with Crippen LogP contribution in [0.3, 0.4) is 0 Å². The Balaban J connectivity index is 1.90. The smallest absolute Gasteiger partial charge is 0.142 e. The maximum atomic E-state index is 5.47. The maximum absolute atomic E-state index is 5.47. The van der Waals surface area contributed by atoms with Crippen molar-refractivity contribution in [1.29, 1.82) is 0 Å². The highest BCUT2D eigenvalue weighted by Gasteiger charge is 2.49. The topological polar surface area (TPSA) is 33.3 Å². The summed E-state index contributed by atoms with van der Waals surface area (Å²) in [5, 5.41) is 7.21. The van der Waals surface area contributed by atoms with Crippen LogP contribution in [-0.2, 0) is 4.74 Å². The van der Waals surface area contributed by atoms with Crippen LogP contribution in [0.5, 0.6) is 0 Å². The molecule has 0 bridgehead atoms. The van der Waals surface area contributed by atoms with Crippen LogP contribution in [0.25, 0.3) is 0 Å². The molecule has 4 heteroatoms. The van der Waals surface area contributed by atoms with Crippen LogP contribution in [0, 0.1) is 17.8 Å². The fraction of sp³-hybridized carbons (Fsp3) is 0.714. The number of ether oxygens (including phenoxy) is 1. The second kappa shape index (κ2) is 5.91. The minimum Gasteiger partial charge on any atom is -0.488 e. The maximum Gasteiger partial charge on any atom is 0.142 e. The number of hydrogen-bond acceptors (Lipinski definition) is 4. The SMILES string of the molecule is C=C(S)OCC1C2CC/C(NC)=C(/NC)CCC21. The minimum atomic E-state index is 0.541. The largest absolute Gasteiger partial charge is 0.488 e. The molecule has 2 atom stereocenters. The van der Waals surface area contributed by atoms with Crippen molar-refractivity contribution in [3.8, 4) is 0 Å². The van der Waals surface area contributed by atoms with Gasteiger partial charge in [0, 0.05) is 25.5 Å². The van der Waals surface area contributed by atoms with Gasteiger partial charge in [0.25, 0.3) is 0 Å². The quantitative estimate of drug-likeness (QED) is 0.529. The van der Waals surface area contributed by atoms with Crippen LogP contribution >= 0.6 is 12.6 Å². The van der Waals surface area contributed by atoms with Crippen molar-refractivity contribution in [2.45, 2.75) is 25.7 Å². The molecule has 0 aliphatic heterocycles. The Kier molecular flexibility index (Phi) is 4.49. The summed E-state index contributed by atoms with van der Waals surface area (Å²) in [5.41, 5.74) is 2.75. The summed E-state index contributed by atoms with van der Waals surface area (Å²) in [6.45, 7) is 4.47. The number of thiol groups is 1. The lowest BCUT2D eigenvalue weighted by molar-refractivity contribution is 0.215. The van der Waals surface area contributed by atoms with Gasteiger partial charge in [0.1, 0.15) is 5.09 Å². The number of fused-ring (bicyclic) bond motifs is 1. The van der Waals surface area contributed by atoms with Gasteiger partial charge in [-0.3, -0.25) is 0 Å². The fourth-order valence-electron chi connectivity index (χ4n) is 3.30. The van der Waals surface area contributed by atoms with Crippen LogP contribution in [0.1, 0.15) is 25.7 Å². The van der Waals surface area contributed by atoms with E-state index in [4.69, 9.17) is 4.74 Å². The molecule has 0 spiro atoms. The Hall–Kier alpha value is -0.770. The van der Waals surface area contributed by atoms with E-state index >= 15 is 0 Å². The molecule has 0 aromatic carbocycles. The standard InChI is InChI=1S/C14H24N2OS/c1-9(18)17-8-12-10-4-6-13(15-2)14(16-3)7-5-11(10)12/h10-12,15-16,18H,1,4-8H2,2-3H3/b14-13-. The number of rotatable bonds is 5. The highest BCUT2D eigenvalue weighted by molar-refractivity contribution is 7.84. The molecule has 18 heavy (non-hydrogen) atoms. The van der Waals surface area contributed by atoms with Gasteiger partial charge < -0.3 is 15.4 Å². The summed E-state index contributed by atoms with van der Waals surface area (Å²) in [7, 11) is 4.04. The summed E-state index contributed by atoms with van der Waals surface area (Å²) in [4.78, 5) is 0. The van der Waals surface area contributed by atoms with Gasteiger partial charge in [0.05, 0.1) is 6.61 Å². The average Bonchev–Trinajstić information content (AvgIpc) is 2.98. The molecule has 2 aliphatic rings. The fourth-order valence-corrected chi connectivity index (χ4v) is 3.37. The average molecular weight is 268 g/mol. The van der Waals surface area contributed by atoms with Crippen molar-refractivity contribution in [3.63, 3.8) is 0 Å². The van der Waals surface area contributed by atoms with Gasteiger partial charge in [-0.15, -0.1) is 12.6 Å². The third-order valence-corrected chi connectivity index (χ3v) is 4.50. The van der Waals surface area contributed by atoms with E-state index in [2.05, 4.69) is 29.8 Å². The molecular formula is C14H24N2OS. The Morgan fingerprint density at radius 2 is 1.72 bits per heavy atom. The summed E-state index contributed by atoms with van der Waals surface area (Å²) in [6.07, 6.45) is 4.82. The molecule has 1 saturated carbocycles. The normalized spacial score (nSPS) is 34.9. The predicted molar refractivity (Wildman–Crippen MR) is 78.2 cm³/mol. The van der Waals surface area contributed by atoms with Gasteiger partial charge in [-0.1, -0.05) is 6.58 Å². The molecule has 2 aliphatic carbocycles. The number of allylic oxidation sites excluding steroid dienone is 2. The lowest BCUT2D eigenvalue weighted by Crippen LogP contribution is -2.18. The van der Waals surface area contributed by atoms with Crippen molar-refractivity contribution >= 4 is 12.6 Å². The van der Waals surface area contributed by atoms with E-state index in [-0.39, 0.29) is 0 Å². The Labute approximate surface area is 115 Å². The first-order valence-electron chi connectivity index (χ1n) is 6.75. The first-order valence-corrected chi connectivity index (χ1v) is 7.20. The first-order chi connectivity index (χ1) is 8.67. The van der Waals surface area contributed by atoms with Gasteiger partial charge in [-0.05, 0) is 43.4 Å². The van der Waals surface area contributed by atoms with Crippen molar-refractivity contribution < 1.29 is 4.74 Å². The highest BCUT2D eigenvalue weighted by Crippen LogP contribution is 2.53. The van der Waals surface area contributed by atoms with Crippen molar-refractivity contribution in [3.05, 3.63) is 23.1 Å². The van der Waals surface area contributed by atoms with E-state index in [1.54, 1.807) is 0 Å². The van der Waals surface area contributed by atoms with Crippen molar-refractivity contribution in [2.24, 2.45) is 17.8 Å². The Bertz CT molecular complexity index is 330. The lowest BCUT2D eigenvalue weighted by Gasteiger charge is -2.17. The van der Waals surface area contributed by atoms with Crippen LogP contribution in [-0.4, -0.2) is 20.7 Å². The predicted octanol–water partition coefficient (Wildman–Crippen LogP) is 2.49. The lowest BCUT2D eigenvalue weighted by atomic mass is 10.0. The van der Waals surface area contributed by atoms with Crippen LogP contribution in [0.2, 0.25) is 0 Å². The highest BCUT2D eigenvalue weighted by atomic mass is 32.1. The summed E-state index contributed by atoms with van der Waals surface area (Å²) < 4.78 is 5.47. The van der Waals surface area contributed by atoms with E-state index in [0.29, 0.717) is 11.0 Å². The molecule has 2 N–H and O–H groups in total. The molecule has 0 heterocycles. The van der Waals surface area contributed by atoms with Crippen LogP contribution < -0.4 is 10.6 Å². The third kappa shape index (κ3) is 2.97. The zero-order valence-corrected chi connectivity index (χ0v) is 12.2. The summed E-state index contributed by atoms with van der Waals surface area (Å²) >= 11 is 4.09. The van der Waals surface area contributed by atoms with E-state index in [1.165, 1.54) is 24.2 Å². The molecule has 2 rings (SSSR count). The molecule has 0 radical (unpaired) electrons. The summed E-state index contributed by atoms with van der Waals surface area (Å²) in [5.74, 6) is 2.38. The van der Waals surface area contributed by atoms with Crippen LogP contribution in [0.4, 0.5) is 0 Å². The van der Waals surface area contributed by atoms with Crippen molar-refractivity contribution in [1.82, 2.24) is 10.6 Å². The Morgan fingerprint density at radius 3 is 2.11 bits per heavy atom. The van der Waals surface area contributed by atoms with Gasteiger partial charge in [0.15, 0.2) is 0 Å². The molecule has 1 fully saturated rings. The van der Waals surface area contributed by atoms with Gasteiger partial charge in [0.2, 0.25) is 0 Å². The van der Waals surface area contributed by atoms with E-state index in [1.807, 2.05) is 14.1 Å². The van der Waals surface area contributed by atoms with E-state index < -0.39 is 0 Å². The second-order valence-electron chi connectivity index (χ2n) is 5.23. The molecule has 0 aromatic rings. The summed E-state index contributed by atoms with van der Waals surface area (Å²) in [6, 6.07) is 0. The van der Waals surface area contributed by atoms with Gasteiger partial charge in [-0.2, -0.15) is 0 Å². The third-order valence-electron chi connectivity index (χ3n) is 4.37. The zero-order chi connectivity index (χ0) is 13.1. The zero-order valence-electron chi connectivity index (χ0n) is 11.3. The van der Waals surface area contributed by atoms with E-state index in [9.17, 15) is 0 Å². The molecule has 2 unspecified atom stereocenters. The molecule has 0 aromatic heterocycles. The van der Waals surface area contributed by atoms with E-state index in [0.717, 1.165) is 31.3 Å². The molecule has 3 nitrogen and oxygen atoms in total. The van der Waals surface area contributed by atoms with Crippen molar-refractivity contribution in [2.75, 3.05) is 20.7 Å². The number of nitrogens with one attached hydrogen (secondary N) is 2. The molecule has 0 amide bonds. The monoisotopic (exact) mass is 268 g/mol. The minimum absolute atomic E-state index is 0.541. The molecule has 0 saturated heterocycles. The number of hydrogen-bond donors (Lipinski definition) is 3. The first kappa shape index (κ1) is 13.7. The molecule has 102 valence electrons. The Morgan fingerprint density at radius 1 is 1.22 bits per heavy atom. The van der Waals surface area contributed by atoms with Crippen LogP contribution in [0.15, 0.2) is 23.1 Å². The molecular weight excluding hydrogens is 244 g/mol.